The van der Waals surface area contributed by atoms with Crippen molar-refractivity contribution in [2.24, 2.45) is 7.05 Å². The second-order valence-corrected chi connectivity index (χ2v) is 9.16. The molecule has 7 nitrogen and oxygen atoms in total. The van der Waals surface area contributed by atoms with E-state index >= 15 is 0 Å². The molecule has 5 aromatic rings. The highest BCUT2D eigenvalue weighted by Crippen LogP contribution is 2.30. The van der Waals surface area contributed by atoms with Crippen molar-refractivity contribution in [3.8, 4) is 11.1 Å². The number of aromatic nitrogens is 3. The van der Waals surface area contributed by atoms with E-state index in [1.54, 1.807) is 41.4 Å². The molecule has 0 spiro atoms. The molecular formula is C30H23ClN4O3. The summed E-state index contributed by atoms with van der Waals surface area (Å²) in [4.78, 5) is 30.4. The van der Waals surface area contributed by atoms with E-state index in [-0.39, 0.29) is 12.5 Å². The van der Waals surface area contributed by atoms with Crippen molar-refractivity contribution >= 4 is 46.1 Å². The molecule has 0 unspecified atom stereocenters. The fourth-order valence-electron chi connectivity index (χ4n) is 4.24. The van der Waals surface area contributed by atoms with E-state index < -0.39 is 5.97 Å². The van der Waals surface area contributed by atoms with Crippen molar-refractivity contribution in [2.45, 2.75) is 6.54 Å². The van der Waals surface area contributed by atoms with Crippen molar-refractivity contribution in [3.05, 3.63) is 119 Å². The van der Waals surface area contributed by atoms with Crippen LogP contribution in [0.2, 0.25) is 5.02 Å². The summed E-state index contributed by atoms with van der Waals surface area (Å²) < 4.78 is 1.83. The number of aryl methyl sites for hydroxylation is 1. The number of fused-ring (bicyclic) bond motifs is 1. The Kier molecular flexibility index (Phi) is 7.02. The van der Waals surface area contributed by atoms with Crippen LogP contribution in [-0.4, -0.2) is 31.7 Å². The highest BCUT2D eigenvalue weighted by atomic mass is 35.5. The van der Waals surface area contributed by atoms with Gasteiger partial charge in [0, 0.05) is 35.3 Å². The van der Waals surface area contributed by atoms with Gasteiger partial charge < -0.3 is 10.0 Å². The largest absolute Gasteiger partial charge is 0.478 e. The Hall–Kier alpha value is -4.75. The summed E-state index contributed by atoms with van der Waals surface area (Å²) in [5, 5.41) is 14.8. The summed E-state index contributed by atoms with van der Waals surface area (Å²) >= 11 is 6.75. The first-order valence-electron chi connectivity index (χ1n) is 11.8. The van der Waals surface area contributed by atoms with Gasteiger partial charge in [-0.2, -0.15) is 5.10 Å². The maximum atomic E-state index is 13.6. The average molecular weight is 523 g/mol. The molecule has 0 aliphatic rings. The van der Waals surface area contributed by atoms with E-state index in [2.05, 4.69) is 16.1 Å². The van der Waals surface area contributed by atoms with Crippen LogP contribution in [0.15, 0.2) is 97.5 Å². The van der Waals surface area contributed by atoms with E-state index in [0.717, 1.165) is 33.7 Å². The molecule has 2 aromatic heterocycles. The van der Waals surface area contributed by atoms with E-state index in [9.17, 15) is 9.59 Å². The smallest absolute Gasteiger partial charge is 0.328 e. The third-order valence-electron chi connectivity index (χ3n) is 6.20. The minimum atomic E-state index is -1.07. The number of hydrogen-bond donors (Lipinski definition) is 1. The van der Waals surface area contributed by atoms with Gasteiger partial charge in [0.15, 0.2) is 0 Å². The first-order chi connectivity index (χ1) is 18.4. The van der Waals surface area contributed by atoms with Crippen LogP contribution in [0.3, 0.4) is 0 Å². The quantitative estimate of drug-likeness (QED) is 0.256. The minimum absolute atomic E-state index is 0.197. The zero-order valence-corrected chi connectivity index (χ0v) is 21.2. The summed E-state index contributed by atoms with van der Waals surface area (Å²) in [6.07, 6.45) is 7.41. The summed E-state index contributed by atoms with van der Waals surface area (Å²) in [7, 11) is 1.91. The molecule has 5 rings (SSSR count). The zero-order chi connectivity index (χ0) is 26.6. The number of aliphatic carboxylic acids is 1. The van der Waals surface area contributed by atoms with Crippen molar-refractivity contribution < 1.29 is 14.7 Å². The number of nitrogens with zero attached hydrogens (tertiary/aromatic N) is 4. The van der Waals surface area contributed by atoms with Crippen LogP contribution in [0.4, 0.5) is 5.69 Å². The molecule has 1 N–H and O–H groups in total. The molecule has 188 valence electrons. The molecule has 0 aliphatic heterocycles. The molecule has 38 heavy (non-hydrogen) atoms. The predicted molar refractivity (Wildman–Crippen MR) is 149 cm³/mol. The highest BCUT2D eigenvalue weighted by Gasteiger charge is 2.20. The lowest BCUT2D eigenvalue weighted by atomic mass is 10.0. The van der Waals surface area contributed by atoms with E-state index in [0.29, 0.717) is 21.8 Å². The van der Waals surface area contributed by atoms with Gasteiger partial charge in [-0.15, -0.1) is 0 Å². The first kappa shape index (κ1) is 24.9. The molecule has 0 saturated heterocycles. The molecule has 0 atom stereocenters. The molecule has 0 saturated carbocycles. The molecule has 0 bridgehead atoms. The van der Waals surface area contributed by atoms with Gasteiger partial charge >= 0.3 is 5.97 Å². The standard InChI is InChI=1S/C30H23ClN4O3/c1-34-28-11-10-22(14-25(28)17-33-34)23-8-9-24(27(31)15-23)19-35(30(38)21-5-3-2-4-6-21)26-13-20(16-32-18-26)7-12-29(36)37/h2-18H,19H2,1H3,(H,36,37). The lowest BCUT2D eigenvalue weighted by molar-refractivity contribution is -0.131. The van der Waals surface area contributed by atoms with Crippen LogP contribution in [0.5, 0.6) is 0 Å². The zero-order valence-electron chi connectivity index (χ0n) is 20.5. The summed E-state index contributed by atoms with van der Waals surface area (Å²) in [5.41, 5.74) is 5.36. The molecule has 1 amide bonds. The van der Waals surface area contributed by atoms with Gasteiger partial charge in [0.25, 0.3) is 5.91 Å². The topological polar surface area (TPSA) is 88.3 Å². The number of carboxylic acids is 1. The molecule has 0 aliphatic carbocycles. The van der Waals surface area contributed by atoms with Gasteiger partial charge in [-0.1, -0.05) is 48.0 Å². The lowest BCUT2D eigenvalue weighted by Crippen LogP contribution is -2.30. The van der Waals surface area contributed by atoms with Crippen LogP contribution in [0.1, 0.15) is 21.5 Å². The van der Waals surface area contributed by atoms with Crippen LogP contribution in [-0.2, 0) is 18.4 Å². The molecule has 2 heterocycles. The second-order valence-electron chi connectivity index (χ2n) is 8.75. The number of anilines is 1. The summed E-state index contributed by atoms with van der Waals surface area (Å²) in [6.45, 7) is 0.197. The summed E-state index contributed by atoms with van der Waals surface area (Å²) in [5.74, 6) is -1.30. The van der Waals surface area contributed by atoms with E-state index in [1.807, 2.05) is 54.3 Å². The van der Waals surface area contributed by atoms with Crippen LogP contribution >= 0.6 is 11.6 Å². The van der Waals surface area contributed by atoms with Gasteiger partial charge in [-0.25, -0.2) is 4.79 Å². The average Bonchev–Trinajstić information content (AvgIpc) is 3.31. The number of benzene rings is 3. The Morgan fingerprint density at radius 1 is 0.974 bits per heavy atom. The number of carbonyl (C=O) groups is 2. The third-order valence-corrected chi connectivity index (χ3v) is 6.55. The maximum Gasteiger partial charge on any atom is 0.328 e. The third kappa shape index (κ3) is 5.33. The Labute approximate surface area is 224 Å². The normalized spacial score (nSPS) is 11.2. The van der Waals surface area contributed by atoms with Crippen LogP contribution < -0.4 is 4.90 Å². The van der Waals surface area contributed by atoms with Crippen LogP contribution in [0, 0.1) is 0 Å². The Morgan fingerprint density at radius 3 is 2.50 bits per heavy atom. The Bertz CT molecular complexity index is 1680. The fourth-order valence-corrected chi connectivity index (χ4v) is 4.48. The van der Waals surface area contributed by atoms with Gasteiger partial charge in [0.05, 0.1) is 30.1 Å². The number of carbonyl (C=O) groups excluding carboxylic acids is 1. The Balaban J connectivity index is 1.49. The first-order valence-corrected chi connectivity index (χ1v) is 12.2. The van der Waals surface area contributed by atoms with Crippen molar-refractivity contribution in [1.82, 2.24) is 14.8 Å². The number of halogens is 1. The number of pyridine rings is 1. The molecule has 3 aromatic carbocycles. The van der Waals surface area contributed by atoms with Gasteiger partial charge in [-0.3, -0.25) is 14.5 Å². The monoisotopic (exact) mass is 522 g/mol. The number of amides is 1. The molecule has 0 radical (unpaired) electrons. The van der Waals surface area contributed by atoms with Crippen LogP contribution in [0.25, 0.3) is 28.1 Å². The van der Waals surface area contributed by atoms with Crippen molar-refractivity contribution in [3.63, 3.8) is 0 Å². The van der Waals surface area contributed by atoms with Crippen molar-refractivity contribution in [2.75, 3.05) is 4.90 Å². The fraction of sp³-hybridized carbons (Fsp3) is 0.0667. The van der Waals surface area contributed by atoms with Gasteiger partial charge in [0.2, 0.25) is 0 Å². The minimum Gasteiger partial charge on any atom is -0.478 e. The molecule has 0 fully saturated rings. The second kappa shape index (κ2) is 10.7. The number of hydrogen-bond acceptors (Lipinski definition) is 4. The Morgan fingerprint density at radius 2 is 1.74 bits per heavy atom. The number of rotatable bonds is 7. The SMILES string of the molecule is Cn1ncc2cc(-c3ccc(CN(C(=O)c4ccccc4)c4cncc(C=CC(=O)O)c4)c(Cl)c3)ccc21. The van der Waals surface area contributed by atoms with Gasteiger partial charge in [-0.05, 0) is 64.7 Å². The highest BCUT2D eigenvalue weighted by molar-refractivity contribution is 6.31. The summed E-state index contributed by atoms with van der Waals surface area (Å²) in [6, 6.07) is 22.6. The lowest BCUT2D eigenvalue weighted by Gasteiger charge is -2.24. The van der Waals surface area contributed by atoms with Gasteiger partial charge in [0.1, 0.15) is 0 Å². The predicted octanol–water partition coefficient (Wildman–Crippen LogP) is 6.23. The number of carboxylic acid groups (broad SMARTS) is 1. The van der Waals surface area contributed by atoms with E-state index in [4.69, 9.17) is 16.7 Å². The van der Waals surface area contributed by atoms with E-state index in [1.165, 1.54) is 12.3 Å². The molecular weight excluding hydrogens is 500 g/mol. The molecule has 8 heteroatoms. The van der Waals surface area contributed by atoms with Crippen molar-refractivity contribution in [1.29, 1.82) is 0 Å². The maximum absolute atomic E-state index is 13.6.